The van der Waals surface area contributed by atoms with E-state index in [9.17, 15) is 5.11 Å². The van der Waals surface area contributed by atoms with Crippen LogP contribution in [0.3, 0.4) is 0 Å². The first kappa shape index (κ1) is 17.0. The predicted molar refractivity (Wildman–Crippen MR) is 84.0 cm³/mol. The zero-order chi connectivity index (χ0) is 15.1. The van der Waals surface area contributed by atoms with Gasteiger partial charge in [0.05, 0.1) is 13.2 Å². The fraction of sp³-hybridized carbons (Fsp3) is 0.647. The summed E-state index contributed by atoms with van der Waals surface area (Å²) in [5.74, 6) is 1.86. The maximum Gasteiger partial charge on any atom is 0.118 e. The molecule has 0 radical (unpaired) electrons. The average molecular weight is 279 g/mol. The van der Waals surface area contributed by atoms with Crippen molar-refractivity contribution in [1.82, 2.24) is 5.32 Å². The van der Waals surface area contributed by atoms with Gasteiger partial charge in [-0.05, 0) is 42.5 Å². The van der Waals surface area contributed by atoms with Crippen molar-refractivity contribution in [2.75, 3.05) is 13.7 Å². The lowest BCUT2D eigenvalue weighted by molar-refractivity contribution is 0.104. The summed E-state index contributed by atoms with van der Waals surface area (Å²) in [7, 11) is 1.65. The Morgan fingerprint density at radius 3 is 2.15 bits per heavy atom. The summed E-state index contributed by atoms with van der Waals surface area (Å²) in [4.78, 5) is 0. The molecule has 3 heteroatoms. The molecule has 1 aromatic carbocycles. The summed E-state index contributed by atoms with van der Waals surface area (Å²) in [5, 5.41) is 14.1. The summed E-state index contributed by atoms with van der Waals surface area (Å²) in [6, 6.07) is 7.72. The second kappa shape index (κ2) is 8.28. The molecule has 0 bridgehead atoms. The lowest BCUT2D eigenvalue weighted by Gasteiger charge is -2.28. The minimum Gasteiger partial charge on any atom is -0.497 e. The third kappa shape index (κ3) is 5.14. The van der Waals surface area contributed by atoms with Crippen molar-refractivity contribution in [3.8, 4) is 5.75 Å². The highest BCUT2D eigenvalue weighted by Crippen LogP contribution is 2.24. The van der Waals surface area contributed by atoms with Crippen LogP contribution in [0.1, 0.15) is 45.8 Å². The molecular formula is C17H29NO2. The number of aliphatic hydroxyl groups excluding tert-OH is 1. The molecular weight excluding hydrogens is 250 g/mol. The highest BCUT2D eigenvalue weighted by atomic mass is 16.5. The Kier molecular flexibility index (Phi) is 7.03. The van der Waals surface area contributed by atoms with Crippen molar-refractivity contribution in [2.24, 2.45) is 11.8 Å². The van der Waals surface area contributed by atoms with E-state index in [0.717, 1.165) is 24.3 Å². The number of rotatable bonds is 8. The zero-order valence-electron chi connectivity index (χ0n) is 13.4. The van der Waals surface area contributed by atoms with Crippen LogP contribution >= 0.6 is 0 Å². The van der Waals surface area contributed by atoms with Gasteiger partial charge in [-0.2, -0.15) is 0 Å². The number of ether oxygens (including phenoxy) is 1. The third-order valence-corrected chi connectivity index (χ3v) is 3.62. The summed E-state index contributed by atoms with van der Waals surface area (Å²) < 4.78 is 5.15. The standard InChI is InChI=1S/C17H29NO2/c1-12(2)10-11-18-16(13(3)4)17(19)14-6-8-15(20-5)9-7-14/h6-9,12-13,16-19H,10-11H2,1-5H3. The van der Waals surface area contributed by atoms with Gasteiger partial charge in [0.25, 0.3) is 0 Å². The fourth-order valence-corrected chi connectivity index (χ4v) is 2.26. The van der Waals surface area contributed by atoms with Gasteiger partial charge in [-0.25, -0.2) is 0 Å². The number of benzene rings is 1. The number of nitrogens with one attached hydrogen (secondary N) is 1. The Morgan fingerprint density at radius 1 is 1.10 bits per heavy atom. The Morgan fingerprint density at radius 2 is 1.70 bits per heavy atom. The van der Waals surface area contributed by atoms with Gasteiger partial charge in [-0.3, -0.25) is 0 Å². The van der Waals surface area contributed by atoms with E-state index in [-0.39, 0.29) is 6.04 Å². The van der Waals surface area contributed by atoms with Crippen LogP contribution in [-0.2, 0) is 0 Å². The molecule has 2 unspecified atom stereocenters. The van der Waals surface area contributed by atoms with Gasteiger partial charge in [0, 0.05) is 6.04 Å². The summed E-state index contributed by atoms with van der Waals surface area (Å²) in [6.45, 7) is 9.64. The highest BCUT2D eigenvalue weighted by Gasteiger charge is 2.23. The molecule has 1 aromatic rings. The SMILES string of the molecule is COc1ccc(C(O)C(NCCC(C)C)C(C)C)cc1. The Bertz CT molecular complexity index is 373. The largest absolute Gasteiger partial charge is 0.497 e. The van der Waals surface area contributed by atoms with Crippen molar-refractivity contribution in [3.05, 3.63) is 29.8 Å². The molecule has 0 spiro atoms. The van der Waals surface area contributed by atoms with Crippen molar-refractivity contribution in [1.29, 1.82) is 0 Å². The number of hydrogen-bond donors (Lipinski definition) is 2. The summed E-state index contributed by atoms with van der Waals surface area (Å²) in [6.07, 6.45) is 0.631. The van der Waals surface area contributed by atoms with Crippen LogP contribution in [0.5, 0.6) is 5.75 Å². The molecule has 1 rings (SSSR count). The van der Waals surface area contributed by atoms with Gasteiger partial charge >= 0.3 is 0 Å². The topological polar surface area (TPSA) is 41.5 Å². The maximum absolute atomic E-state index is 10.6. The molecule has 2 atom stereocenters. The molecule has 0 aliphatic rings. The number of hydrogen-bond acceptors (Lipinski definition) is 3. The van der Waals surface area contributed by atoms with Crippen LogP contribution in [0, 0.1) is 11.8 Å². The van der Waals surface area contributed by atoms with E-state index in [2.05, 4.69) is 33.0 Å². The number of aliphatic hydroxyl groups is 1. The Labute approximate surface area is 123 Å². The van der Waals surface area contributed by atoms with Gasteiger partial charge < -0.3 is 15.2 Å². The molecule has 0 aliphatic carbocycles. The van der Waals surface area contributed by atoms with Gasteiger partial charge in [0.2, 0.25) is 0 Å². The molecule has 0 saturated heterocycles. The molecule has 0 amide bonds. The van der Waals surface area contributed by atoms with Crippen LogP contribution in [0.25, 0.3) is 0 Å². The molecule has 20 heavy (non-hydrogen) atoms. The quantitative estimate of drug-likeness (QED) is 0.766. The minimum absolute atomic E-state index is 0.0714. The highest BCUT2D eigenvalue weighted by molar-refractivity contribution is 5.29. The van der Waals surface area contributed by atoms with E-state index in [1.165, 1.54) is 0 Å². The smallest absolute Gasteiger partial charge is 0.118 e. The van der Waals surface area contributed by atoms with E-state index in [0.29, 0.717) is 11.8 Å². The molecule has 0 heterocycles. The lowest BCUT2D eigenvalue weighted by atomic mass is 9.93. The lowest BCUT2D eigenvalue weighted by Crippen LogP contribution is -2.40. The van der Waals surface area contributed by atoms with Gasteiger partial charge in [-0.1, -0.05) is 39.8 Å². The normalized spacial score (nSPS) is 14.6. The van der Waals surface area contributed by atoms with Crippen LogP contribution in [0.4, 0.5) is 0 Å². The summed E-state index contributed by atoms with van der Waals surface area (Å²) >= 11 is 0. The second-order valence-electron chi connectivity index (χ2n) is 6.12. The summed E-state index contributed by atoms with van der Waals surface area (Å²) in [5.41, 5.74) is 0.932. The van der Waals surface area contributed by atoms with Crippen molar-refractivity contribution in [2.45, 2.75) is 46.3 Å². The molecule has 3 nitrogen and oxygen atoms in total. The fourth-order valence-electron chi connectivity index (χ4n) is 2.26. The van der Waals surface area contributed by atoms with Crippen molar-refractivity contribution >= 4 is 0 Å². The first-order valence-corrected chi connectivity index (χ1v) is 7.51. The van der Waals surface area contributed by atoms with Crippen molar-refractivity contribution < 1.29 is 9.84 Å². The Balaban J connectivity index is 2.69. The molecule has 0 aliphatic heterocycles. The monoisotopic (exact) mass is 279 g/mol. The number of methoxy groups -OCH3 is 1. The van der Waals surface area contributed by atoms with Crippen LogP contribution in [-0.4, -0.2) is 24.8 Å². The van der Waals surface area contributed by atoms with E-state index >= 15 is 0 Å². The molecule has 114 valence electrons. The van der Waals surface area contributed by atoms with Gasteiger partial charge in [0.15, 0.2) is 0 Å². The second-order valence-corrected chi connectivity index (χ2v) is 6.12. The molecule has 0 aromatic heterocycles. The van der Waals surface area contributed by atoms with Crippen LogP contribution in [0.2, 0.25) is 0 Å². The minimum atomic E-state index is -0.493. The molecule has 2 N–H and O–H groups in total. The molecule has 0 fully saturated rings. The van der Waals surface area contributed by atoms with Gasteiger partial charge in [-0.15, -0.1) is 0 Å². The molecule has 0 saturated carbocycles. The third-order valence-electron chi connectivity index (χ3n) is 3.62. The van der Waals surface area contributed by atoms with E-state index in [4.69, 9.17) is 4.74 Å². The maximum atomic E-state index is 10.6. The van der Waals surface area contributed by atoms with Crippen LogP contribution < -0.4 is 10.1 Å². The van der Waals surface area contributed by atoms with Crippen LogP contribution in [0.15, 0.2) is 24.3 Å². The van der Waals surface area contributed by atoms with Crippen molar-refractivity contribution in [3.63, 3.8) is 0 Å². The van der Waals surface area contributed by atoms with Gasteiger partial charge in [0.1, 0.15) is 5.75 Å². The predicted octanol–water partition coefficient (Wildman–Crippen LogP) is 3.39. The average Bonchev–Trinajstić information content (AvgIpc) is 2.42. The van der Waals surface area contributed by atoms with E-state index in [1.807, 2.05) is 24.3 Å². The first-order chi connectivity index (χ1) is 9.45. The van der Waals surface area contributed by atoms with E-state index < -0.39 is 6.10 Å². The zero-order valence-corrected chi connectivity index (χ0v) is 13.4. The first-order valence-electron chi connectivity index (χ1n) is 7.51. The van der Waals surface area contributed by atoms with E-state index in [1.54, 1.807) is 7.11 Å². The Hall–Kier alpha value is -1.06.